The van der Waals surface area contributed by atoms with Crippen LogP contribution in [0.4, 0.5) is 17.1 Å². The van der Waals surface area contributed by atoms with Gasteiger partial charge in [-0.2, -0.15) is 0 Å². The third-order valence-electron chi connectivity index (χ3n) is 10.8. The zero-order valence-electron chi connectivity index (χ0n) is 29.1. The number of hydrogen-bond acceptors (Lipinski definition) is 2. The van der Waals surface area contributed by atoms with Gasteiger partial charge in [0.05, 0.1) is 5.69 Å². The Labute approximate surface area is 310 Å². The van der Waals surface area contributed by atoms with Crippen LogP contribution >= 0.6 is 0 Å². The van der Waals surface area contributed by atoms with E-state index in [0.29, 0.717) is 0 Å². The average Bonchev–Trinajstić information content (AvgIpc) is 3.24. The smallest absolute Gasteiger partial charge is 0.188 e. The van der Waals surface area contributed by atoms with Gasteiger partial charge in [0.25, 0.3) is 0 Å². The Hall–Kier alpha value is -6.68. The highest BCUT2D eigenvalue weighted by molar-refractivity contribution is 7.20. The summed E-state index contributed by atoms with van der Waals surface area (Å²) in [6, 6.07) is 77.1. The molecular weight excluding hydrogens is 659 g/mol. The van der Waals surface area contributed by atoms with Gasteiger partial charge in [-0.05, 0) is 90.5 Å². The molecule has 0 bridgehead atoms. The van der Waals surface area contributed by atoms with Crippen LogP contribution in [0.5, 0.6) is 11.5 Å². The van der Waals surface area contributed by atoms with Crippen LogP contribution in [0.15, 0.2) is 212 Å². The highest BCUT2D eigenvalue weighted by atomic mass is 28.3. The van der Waals surface area contributed by atoms with Gasteiger partial charge in [-0.1, -0.05) is 170 Å². The molecule has 9 aromatic carbocycles. The molecule has 0 amide bonds. The molecule has 250 valence electrons. The summed E-state index contributed by atoms with van der Waals surface area (Å²) < 4.78 is 6.59. The Morgan fingerprint density at radius 3 is 1.53 bits per heavy atom. The van der Waals surface area contributed by atoms with Crippen molar-refractivity contribution in [2.45, 2.75) is 0 Å². The molecule has 3 heteroatoms. The summed E-state index contributed by atoms with van der Waals surface area (Å²) in [5.74, 6) is 1.88. The molecule has 0 aromatic heterocycles. The number of rotatable bonds is 6. The van der Waals surface area contributed by atoms with Crippen molar-refractivity contribution < 1.29 is 4.74 Å². The number of anilines is 3. The van der Waals surface area contributed by atoms with Gasteiger partial charge in [-0.3, -0.25) is 0 Å². The van der Waals surface area contributed by atoms with E-state index >= 15 is 0 Å². The molecular formula is C50H35NOSi. The highest BCUT2D eigenvalue weighted by Crippen LogP contribution is 2.40. The van der Waals surface area contributed by atoms with Gasteiger partial charge >= 0.3 is 0 Å². The lowest BCUT2D eigenvalue weighted by molar-refractivity contribution is 0.487. The Bertz CT molecular complexity index is 2700. The first-order valence-corrected chi connectivity index (χ1v) is 20.2. The number of fused-ring (bicyclic) bond motifs is 4. The maximum Gasteiger partial charge on any atom is 0.188 e. The van der Waals surface area contributed by atoms with E-state index in [1.807, 2.05) is 0 Å². The fourth-order valence-corrected chi connectivity index (χ4v) is 13.4. The summed E-state index contributed by atoms with van der Waals surface area (Å²) in [6.07, 6.45) is 0. The van der Waals surface area contributed by atoms with Crippen molar-refractivity contribution in [3.8, 4) is 22.6 Å². The molecule has 2 nitrogen and oxygen atoms in total. The zero-order valence-corrected chi connectivity index (χ0v) is 30.1. The second kappa shape index (κ2) is 12.8. The van der Waals surface area contributed by atoms with Crippen molar-refractivity contribution in [3.05, 3.63) is 212 Å². The molecule has 9 aromatic rings. The molecule has 0 fully saturated rings. The fourth-order valence-electron chi connectivity index (χ4n) is 8.43. The van der Waals surface area contributed by atoms with Crippen LogP contribution in [0.2, 0.25) is 0 Å². The quantitative estimate of drug-likeness (QED) is 0.161. The zero-order chi connectivity index (χ0) is 35.2. The number of nitrogens with zero attached hydrogens (tertiary/aromatic N) is 1. The first-order valence-electron chi connectivity index (χ1n) is 18.2. The SMILES string of the molecule is c1ccc([Si]2(c3ccc(N(c4ccc(-c5cccc6ccccc56)cc4)c4cccc5ccccc45)cc3)c3ccccc3Oc3ccccc32)cc1. The Kier molecular flexibility index (Phi) is 7.52. The molecule has 1 heterocycles. The van der Waals surface area contributed by atoms with Crippen LogP contribution in [0.3, 0.4) is 0 Å². The van der Waals surface area contributed by atoms with Crippen molar-refractivity contribution in [2.75, 3.05) is 4.90 Å². The van der Waals surface area contributed by atoms with Crippen LogP contribution in [0.1, 0.15) is 0 Å². The molecule has 1 aliphatic rings. The van der Waals surface area contributed by atoms with Gasteiger partial charge in [-0.15, -0.1) is 0 Å². The van der Waals surface area contributed by atoms with E-state index in [0.717, 1.165) is 28.6 Å². The van der Waals surface area contributed by atoms with Crippen LogP contribution in [-0.2, 0) is 0 Å². The molecule has 10 rings (SSSR count). The molecule has 1 aliphatic heterocycles. The van der Waals surface area contributed by atoms with Gasteiger partial charge in [0.15, 0.2) is 8.07 Å². The topological polar surface area (TPSA) is 12.5 Å². The summed E-state index contributed by atoms with van der Waals surface area (Å²) in [4.78, 5) is 2.40. The van der Waals surface area contributed by atoms with E-state index in [2.05, 4.69) is 217 Å². The Morgan fingerprint density at radius 2 is 0.849 bits per heavy atom. The number of benzene rings is 9. The van der Waals surface area contributed by atoms with E-state index in [1.165, 1.54) is 53.4 Å². The van der Waals surface area contributed by atoms with Gasteiger partial charge in [0.1, 0.15) is 11.5 Å². The predicted octanol–water partition coefficient (Wildman–Crippen LogP) is 10.6. The fraction of sp³-hybridized carbons (Fsp3) is 0. The van der Waals surface area contributed by atoms with Crippen LogP contribution in [-0.4, -0.2) is 8.07 Å². The Balaban J connectivity index is 1.15. The molecule has 0 atom stereocenters. The van der Waals surface area contributed by atoms with Crippen molar-refractivity contribution in [1.29, 1.82) is 0 Å². The number of hydrogen-bond donors (Lipinski definition) is 0. The van der Waals surface area contributed by atoms with Crippen molar-refractivity contribution in [1.82, 2.24) is 0 Å². The molecule has 0 unspecified atom stereocenters. The highest BCUT2D eigenvalue weighted by Gasteiger charge is 2.47. The van der Waals surface area contributed by atoms with Crippen LogP contribution in [0, 0.1) is 0 Å². The van der Waals surface area contributed by atoms with E-state index in [-0.39, 0.29) is 0 Å². The third kappa shape index (κ3) is 5.08. The van der Waals surface area contributed by atoms with Gasteiger partial charge in [0, 0.05) is 16.8 Å². The van der Waals surface area contributed by atoms with E-state index in [1.54, 1.807) is 0 Å². The first-order chi connectivity index (χ1) is 26.3. The molecule has 0 saturated carbocycles. The molecule has 0 saturated heterocycles. The molecule has 0 spiro atoms. The maximum atomic E-state index is 6.59. The minimum atomic E-state index is -2.75. The predicted molar refractivity (Wildman–Crippen MR) is 225 cm³/mol. The normalized spacial score (nSPS) is 12.8. The minimum absolute atomic E-state index is 0.939. The summed E-state index contributed by atoms with van der Waals surface area (Å²) in [5.41, 5.74) is 5.80. The third-order valence-corrected chi connectivity index (χ3v) is 15.6. The second-order valence-electron chi connectivity index (χ2n) is 13.7. The first kappa shape index (κ1) is 31.1. The Morgan fingerprint density at radius 1 is 0.358 bits per heavy atom. The molecule has 0 radical (unpaired) electrons. The monoisotopic (exact) mass is 693 g/mol. The van der Waals surface area contributed by atoms with Gasteiger partial charge in [0.2, 0.25) is 0 Å². The number of para-hydroxylation sites is 2. The summed E-state index contributed by atoms with van der Waals surface area (Å²) in [7, 11) is -2.75. The van der Waals surface area contributed by atoms with Crippen LogP contribution in [0.25, 0.3) is 32.7 Å². The molecule has 53 heavy (non-hydrogen) atoms. The summed E-state index contributed by atoms with van der Waals surface area (Å²) in [5, 5.41) is 10.1. The standard InChI is InChI=1S/C50H35NOSi/c1-2-18-41(19-3-1)53(49-26-10-8-24-47(49)52-48-25-9-11-27-50(48)53)42-34-32-40(33-35-42)51(46-23-13-17-37-15-5-7-21-45(37)46)39-30-28-38(29-31-39)44-22-12-16-36-14-4-6-20-43(36)44/h1-35H. The molecule has 0 aliphatic carbocycles. The van der Waals surface area contributed by atoms with Crippen molar-refractivity contribution in [2.24, 2.45) is 0 Å². The van der Waals surface area contributed by atoms with Crippen LogP contribution < -0.4 is 30.4 Å². The van der Waals surface area contributed by atoms with Crippen molar-refractivity contribution >= 4 is 67.4 Å². The lowest BCUT2D eigenvalue weighted by Crippen LogP contribution is -2.76. The minimum Gasteiger partial charge on any atom is -0.458 e. The van der Waals surface area contributed by atoms with E-state index < -0.39 is 8.07 Å². The average molecular weight is 694 g/mol. The van der Waals surface area contributed by atoms with E-state index in [9.17, 15) is 0 Å². The maximum absolute atomic E-state index is 6.59. The summed E-state index contributed by atoms with van der Waals surface area (Å²) >= 11 is 0. The molecule has 0 N–H and O–H groups in total. The second-order valence-corrected chi connectivity index (χ2v) is 17.4. The van der Waals surface area contributed by atoms with Crippen molar-refractivity contribution in [3.63, 3.8) is 0 Å². The van der Waals surface area contributed by atoms with Gasteiger partial charge in [-0.25, -0.2) is 0 Å². The van der Waals surface area contributed by atoms with E-state index in [4.69, 9.17) is 4.74 Å². The largest absolute Gasteiger partial charge is 0.458 e. The lowest BCUT2D eigenvalue weighted by Gasteiger charge is -2.39. The lowest BCUT2D eigenvalue weighted by atomic mass is 9.98. The van der Waals surface area contributed by atoms with Gasteiger partial charge < -0.3 is 9.64 Å². The summed E-state index contributed by atoms with van der Waals surface area (Å²) in [6.45, 7) is 0. The number of ether oxygens (including phenoxy) is 1.